The first-order valence-corrected chi connectivity index (χ1v) is 8.15. The number of ether oxygens (including phenoxy) is 2. The summed E-state index contributed by atoms with van der Waals surface area (Å²) in [5.41, 5.74) is 1.30. The van der Waals surface area contributed by atoms with E-state index in [2.05, 4.69) is 4.98 Å². The Morgan fingerprint density at radius 1 is 1.48 bits per heavy atom. The van der Waals surface area contributed by atoms with E-state index >= 15 is 0 Å². The van der Waals surface area contributed by atoms with Gasteiger partial charge in [-0.05, 0) is 17.7 Å². The third kappa shape index (κ3) is 3.74. The summed E-state index contributed by atoms with van der Waals surface area (Å²) in [5.74, 6) is -0.398. The molecule has 2 aromatic rings. The van der Waals surface area contributed by atoms with Crippen molar-refractivity contribution in [3.05, 3.63) is 51.7 Å². The van der Waals surface area contributed by atoms with Crippen LogP contribution in [0.3, 0.4) is 0 Å². The fourth-order valence-corrected chi connectivity index (χ4v) is 3.21. The Labute approximate surface area is 137 Å². The van der Waals surface area contributed by atoms with Crippen LogP contribution in [0, 0.1) is 5.82 Å². The SMILES string of the molecule is COCc1nc(C(=O)N2CCO[C@@H](c3ccc(F)cc3)C2)cs1. The molecule has 1 amide bonds. The topological polar surface area (TPSA) is 51.7 Å². The van der Waals surface area contributed by atoms with Crippen molar-refractivity contribution < 1.29 is 18.7 Å². The fourth-order valence-electron chi connectivity index (χ4n) is 2.47. The number of carbonyl (C=O) groups excluding carboxylic acids is 1. The molecule has 0 bridgehead atoms. The van der Waals surface area contributed by atoms with Gasteiger partial charge in [-0.25, -0.2) is 9.37 Å². The van der Waals surface area contributed by atoms with Gasteiger partial charge >= 0.3 is 0 Å². The van der Waals surface area contributed by atoms with Crippen LogP contribution in [0.2, 0.25) is 0 Å². The van der Waals surface area contributed by atoms with Crippen LogP contribution in [0.15, 0.2) is 29.6 Å². The van der Waals surface area contributed by atoms with E-state index in [-0.39, 0.29) is 17.8 Å². The van der Waals surface area contributed by atoms with Gasteiger partial charge in [-0.3, -0.25) is 4.79 Å². The van der Waals surface area contributed by atoms with Crippen LogP contribution in [0.5, 0.6) is 0 Å². The number of carbonyl (C=O) groups is 1. The highest BCUT2D eigenvalue weighted by Crippen LogP contribution is 2.24. The molecule has 1 aliphatic heterocycles. The Morgan fingerprint density at radius 3 is 3.00 bits per heavy atom. The first-order chi connectivity index (χ1) is 11.2. The molecule has 0 N–H and O–H groups in total. The second kappa shape index (κ2) is 7.16. The van der Waals surface area contributed by atoms with Gasteiger partial charge in [0.15, 0.2) is 0 Å². The maximum atomic E-state index is 13.0. The van der Waals surface area contributed by atoms with Crippen molar-refractivity contribution in [3.63, 3.8) is 0 Å². The second-order valence-corrected chi connectivity index (χ2v) is 6.16. The van der Waals surface area contributed by atoms with Crippen molar-refractivity contribution in [2.75, 3.05) is 26.8 Å². The van der Waals surface area contributed by atoms with E-state index in [4.69, 9.17) is 9.47 Å². The monoisotopic (exact) mass is 336 g/mol. The summed E-state index contributed by atoms with van der Waals surface area (Å²) in [6, 6.07) is 6.18. The third-order valence-corrected chi connectivity index (χ3v) is 4.46. The smallest absolute Gasteiger partial charge is 0.273 e. The fraction of sp³-hybridized carbons (Fsp3) is 0.375. The van der Waals surface area contributed by atoms with Gasteiger partial charge < -0.3 is 14.4 Å². The quantitative estimate of drug-likeness (QED) is 0.861. The molecule has 7 heteroatoms. The van der Waals surface area contributed by atoms with E-state index in [1.807, 2.05) is 0 Å². The Bertz CT molecular complexity index is 674. The van der Waals surface area contributed by atoms with Crippen LogP contribution in [0.1, 0.15) is 27.2 Å². The molecular formula is C16H17FN2O3S. The summed E-state index contributed by atoms with van der Waals surface area (Å²) in [6.07, 6.45) is -0.245. The molecule has 5 nitrogen and oxygen atoms in total. The van der Waals surface area contributed by atoms with Gasteiger partial charge in [0.1, 0.15) is 22.6 Å². The Morgan fingerprint density at radius 2 is 2.26 bits per heavy atom. The molecule has 0 unspecified atom stereocenters. The predicted molar refractivity (Wildman–Crippen MR) is 83.8 cm³/mol. The molecule has 0 aliphatic carbocycles. The second-order valence-electron chi connectivity index (χ2n) is 5.22. The van der Waals surface area contributed by atoms with Gasteiger partial charge in [-0.2, -0.15) is 0 Å². The van der Waals surface area contributed by atoms with Crippen LogP contribution in [-0.4, -0.2) is 42.6 Å². The maximum Gasteiger partial charge on any atom is 0.273 e. The number of methoxy groups -OCH3 is 1. The van der Waals surface area contributed by atoms with Crippen LogP contribution in [0.25, 0.3) is 0 Å². The molecule has 23 heavy (non-hydrogen) atoms. The first kappa shape index (κ1) is 16.0. The molecule has 0 spiro atoms. The molecule has 2 heterocycles. The lowest BCUT2D eigenvalue weighted by molar-refractivity contribution is -0.0230. The van der Waals surface area contributed by atoms with Crippen molar-refractivity contribution in [2.24, 2.45) is 0 Å². The first-order valence-electron chi connectivity index (χ1n) is 7.27. The van der Waals surface area contributed by atoms with E-state index in [1.54, 1.807) is 29.5 Å². The van der Waals surface area contributed by atoms with Gasteiger partial charge in [-0.15, -0.1) is 11.3 Å². The van der Waals surface area contributed by atoms with Gasteiger partial charge in [0.25, 0.3) is 5.91 Å². The molecule has 1 saturated heterocycles. The standard InChI is InChI=1S/C16H17FN2O3S/c1-21-9-15-18-13(10-23-15)16(20)19-6-7-22-14(8-19)11-2-4-12(17)5-3-11/h2-5,10,14H,6-9H2,1H3/t14-/m1/s1. The number of halogens is 1. The average molecular weight is 336 g/mol. The molecule has 0 saturated carbocycles. The minimum absolute atomic E-state index is 0.112. The number of benzene rings is 1. The lowest BCUT2D eigenvalue weighted by atomic mass is 10.1. The lowest BCUT2D eigenvalue weighted by Gasteiger charge is -2.32. The molecule has 1 aromatic carbocycles. The molecule has 1 aliphatic rings. The van der Waals surface area contributed by atoms with Crippen LogP contribution >= 0.6 is 11.3 Å². The molecule has 0 radical (unpaired) electrons. The summed E-state index contributed by atoms with van der Waals surface area (Å²) in [4.78, 5) is 18.6. The number of thiazole rings is 1. The summed E-state index contributed by atoms with van der Waals surface area (Å²) in [7, 11) is 1.60. The van der Waals surface area contributed by atoms with E-state index in [1.165, 1.54) is 23.5 Å². The zero-order valence-corrected chi connectivity index (χ0v) is 13.5. The van der Waals surface area contributed by atoms with Crippen LogP contribution in [0.4, 0.5) is 4.39 Å². The maximum absolute atomic E-state index is 13.0. The normalized spacial score (nSPS) is 18.2. The summed E-state index contributed by atoms with van der Waals surface area (Å²) in [5, 5.41) is 2.53. The summed E-state index contributed by atoms with van der Waals surface area (Å²) < 4.78 is 23.8. The Kier molecular flexibility index (Phi) is 5.00. The zero-order chi connectivity index (χ0) is 16.2. The highest BCUT2D eigenvalue weighted by Gasteiger charge is 2.27. The third-order valence-electron chi connectivity index (χ3n) is 3.63. The zero-order valence-electron chi connectivity index (χ0n) is 12.7. The van der Waals surface area contributed by atoms with E-state index in [0.29, 0.717) is 32.0 Å². The van der Waals surface area contributed by atoms with Crippen molar-refractivity contribution in [1.29, 1.82) is 0 Å². The number of hydrogen-bond donors (Lipinski definition) is 0. The van der Waals surface area contributed by atoms with Crippen LogP contribution < -0.4 is 0 Å². The molecule has 122 valence electrons. The van der Waals surface area contributed by atoms with Crippen LogP contribution in [-0.2, 0) is 16.1 Å². The highest BCUT2D eigenvalue weighted by molar-refractivity contribution is 7.09. The Hall–Kier alpha value is -1.83. The van der Waals surface area contributed by atoms with Gasteiger partial charge in [-0.1, -0.05) is 12.1 Å². The van der Waals surface area contributed by atoms with Gasteiger partial charge in [0, 0.05) is 19.0 Å². The number of amides is 1. The van der Waals surface area contributed by atoms with E-state index in [9.17, 15) is 9.18 Å². The lowest BCUT2D eigenvalue weighted by Crippen LogP contribution is -2.42. The molecule has 3 rings (SSSR count). The van der Waals surface area contributed by atoms with Gasteiger partial charge in [0.05, 0.1) is 19.8 Å². The number of aromatic nitrogens is 1. The number of nitrogens with zero attached hydrogens (tertiary/aromatic N) is 2. The minimum atomic E-state index is -0.286. The van der Waals surface area contributed by atoms with E-state index in [0.717, 1.165) is 10.6 Å². The molecular weight excluding hydrogens is 319 g/mol. The van der Waals surface area contributed by atoms with Crippen molar-refractivity contribution in [1.82, 2.24) is 9.88 Å². The summed E-state index contributed by atoms with van der Waals surface area (Å²) >= 11 is 1.41. The average Bonchev–Trinajstić information content (AvgIpc) is 3.04. The number of rotatable bonds is 4. The molecule has 1 atom stereocenters. The highest BCUT2D eigenvalue weighted by atomic mass is 32.1. The number of morpholine rings is 1. The van der Waals surface area contributed by atoms with Crippen molar-refractivity contribution in [3.8, 4) is 0 Å². The Balaban J connectivity index is 1.69. The van der Waals surface area contributed by atoms with Crippen molar-refractivity contribution in [2.45, 2.75) is 12.7 Å². The molecule has 1 fully saturated rings. The number of hydrogen-bond acceptors (Lipinski definition) is 5. The molecule has 1 aromatic heterocycles. The van der Waals surface area contributed by atoms with Gasteiger partial charge in [0.2, 0.25) is 0 Å². The predicted octanol–water partition coefficient (Wildman–Crippen LogP) is 2.64. The summed E-state index contributed by atoms with van der Waals surface area (Å²) in [6.45, 7) is 1.80. The largest absolute Gasteiger partial charge is 0.378 e. The van der Waals surface area contributed by atoms with Crippen molar-refractivity contribution >= 4 is 17.2 Å². The minimum Gasteiger partial charge on any atom is -0.378 e. The van der Waals surface area contributed by atoms with E-state index < -0.39 is 0 Å².